The van der Waals surface area contributed by atoms with Gasteiger partial charge in [-0.3, -0.25) is 9.48 Å². The van der Waals surface area contributed by atoms with Crippen LogP contribution in [0.25, 0.3) is 0 Å². The third-order valence-electron chi connectivity index (χ3n) is 2.30. The lowest BCUT2D eigenvalue weighted by molar-refractivity contribution is 0.102. The molecule has 2 rings (SSSR count). The summed E-state index contributed by atoms with van der Waals surface area (Å²) < 4.78 is 14.3. The number of rotatable bonds is 3. The van der Waals surface area contributed by atoms with Crippen molar-refractivity contribution in [1.82, 2.24) is 9.78 Å². The lowest BCUT2D eigenvalue weighted by Gasteiger charge is -2.02. The first-order chi connectivity index (χ1) is 8.19. The highest BCUT2D eigenvalue weighted by atomic mass is 19.1. The standard InChI is InChI=1S/C12H12FN3O/c1-2-16-8-7-11(15-16)12(17)14-10-5-3-9(13)4-6-10/h3-8H,2H2,1H3,(H,14,17). The van der Waals surface area contributed by atoms with Crippen molar-refractivity contribution >= 4 is 11.6 Å². The number of hydrogen-bond donors (Lipinski definition) is 1. The minimum atomic E-state index is -0.335. The van der Waals surface area contributed by atoms with Crippen LogP contribution < -0.4 is 5.32 Å². The monoisotopic (exact) mass is 233 g/mol. The van der Waals surface area contributed by atoms with Crippen molar-refractivity contribution in [3.63, 3.8) is 0 Å². The molecule has 1 aromatic carbocycles. The van der Waals surface area contributed by atoms with Gasteiger partial charge in [0.15, 0.2) is 5.69 Å². The largest absolute Gasteiger partial charge is 0.321 e. The summed E-state index contributed by atoms with van der Waals surface area (Å²) in [5.41, 5.74) is 0.888. The van der Waals surface area contributed by atoms with E-state index >= 15 is 0 Å². The fourth-order valence-electron chi connectivity index (χ4n) is 1.39. The van der Waals surface area contributed by atoms with Crippen LogP contribution in [0, 0.1) is 5.82 Å². The number of carbonyl (C=O) groups is 1. The minimum absolute atomic E-state index is 0.302. The first-order valence-electron chi connectivity index (χ1n) is 5.29. The van der Waals surface area contributed by atoms with Crippen molar-refractivity contribution in [2.45, 2.75) is 13.5 Å². The number of nitrogens with zero attached hydrogens (tertiary/aromatic N) is 2. The van der Waals surface area contributed by atoms with Crippen molar-refractivity contribution in [3.05, 3.63) is 48.0 Å². The van der Waals surface area contributed by atoms with Gasteiger partial charge >= 0.3 is 0 Å². The fourth-order valence-corrected chi connectivity index (χ4v) is 1.39. The smallest absolute Gasteiger partial charge is 0.276 e. The lowest BCUT2D eigenvalue weighted by Crippen LogP contribution is -2.13. The Morgan fingerprint density at radius 3 is 2.65 bits per heavy atom. The second-order valence-electron chi connectivity index (χ2n) is 3.52. The molecule has 0 bridgehead atoms. The molecular weight excluding hydrogens is 221 g/mol. The Bertz CT molecular complexity index is 519. The van der Waals surface area contributed by atoms with Gasteiger partial charge in [0.1, 0.15) is 5.82 Å². The molecule has 2 aromatic rings. The molecule has 0 saturated heterocycles. The number of aromatic nitrogens is 2. The molecule has 0 aliphatic rings. The van der Waals surface area contributed by atoms with Gasteiger partial charge in [-0.15, -0.1) is 0 Å². The summed E-state index contributed by atoms with van der Waals surface area (Å²) in [6.07, 6.45) is 1.74. The fraction of sp³-hybridized carbons (Fsp3) is 0.167. The molecule has 0 spiro atoms. The molecule has 5 heteroatoms. The van der Waals surface area contributed by atoms with Gasteiger partial charge in [0, 0.05) is 18.4 Å². The summed E-state index contributed by atoms with van der Waals surface area (Å²) in [6, 6.07) is 7.23. The van der Waals surface area contributed by atoms with E-state index in [-0.39, 0.29) is 11.7 Å². The van der Waals surface area contributed by atoms with E-state index in [4.69, 9.17) is 0 Å². The van der Waals surface area contributed by atoms with E-state index in [1.165, 1.54) is 24.3 Å². The Morgan fingerprint density at radius 1 is 1.35 bits per heavy atom. The maximum atomic E-state index is 12.7. The number of nitrogens with one attached hydrogen (secondary N) is 1. The second kappa shape index (κ2) is 4.78. The highest BCUT2D eigenvalue weighted by molar-refractivity contribution is 6.02. The summed E-state index contributed by atoms with van der Waals surface area (Å²) in [5.74, 6) is -0.637. The number of aryl methyl sites for hydroxylation is 1. The molecular formula is C12H12FN3O. The number of hydrogen-bond acceptors (Lipinski definition) is 2. The predicted molar refractivity (Wildman–Crippen MR) is 62.3 cm³/mol. The van der Waals surface area contributed by atoms with Gasteiger partial charge in [-0.25, -0.2) is 4.39 Å². The van der Waals surface area contributed by atoms with E-state index in [0.717, 1.165) is 0 Å². The molecule has 88 valence electrons. The first kappa shape index (κ1) is 11.3. The first-order valence-corrected chi connectivity index (χ1v) is 5.29. The molecule has 0 saturated carbocycles. The van der Waals surface area contributed by atoms with Gasteiger partial charge in [-0.05, 0) is 37.3 Å². The van der Waals surface area contributed by atoms with E-state index in [1.54, 1.807) is 16.9 Å². The maximum absolute atomic E-state index is 12.7. The number of halogens is 1. The molecule has 4 nitrogen and oxygen atoms in total. The number of anilines is 1. The molecule has 0 fully saturated rings. The number of amides is 1. The zero-order valence-corrected chi connectivity index (χ0v) is 9.35. The Morgan fingerprint density at radius 2 is 2.06 bits per heavy atom. The average molecular weight is 233 g/mol. The summed E-state index contributed by atoms with van der Waals surface area (Å²) in [7, 11) is 0. The van der Waals surface area contributed by atoms with E-state index in [0.29, 0.717) is 17.9 Å². The molecule has 1 heterocycles. The van der Waals surface area contributed by atoms with Crippen LogP contribution in [-0.2, 0) is 6.54 Å². The average Bonchev–Trinajstić information content (AvgIpc) is 2.81. The molecule has 0 unspecified atom stereocenters. The molecule has 17 heavy (non-hydrogen) atoms. The summed E-state index contributed by atoms with van der Waals surface area (Å²) >= 11 is 0. The second-order valence-corrected chi connectivity index (χ2v) is 3.52. The van der Waals surface area contributed by atoms with Crippen LogP contribution in [0.2, 0.25) is 0 Å². The maximum Gasteiger partial charge on any atom is 0.276 e. The molecule has 1 N–H and O–H groups in total. The van der Waals surface area contributed by atoms with Crippen LogP contribution in [0.15, 0.2) is 36.5 Å². The van der Waals surface area contributed by atoms with Crippen molar-refractivity contribution in [2.75, 3.05) is 5.32 Å². The van der Waals surface area contributed by atoms with Gasteiger partial charge in [-0.2, -0.15) is 5.10 Å². The minimum Gasteiger partial charge on any atom is -0.321 e. The Hall–Kier alpha value is -2.17. The molecule has 0 aliphatic carbocycles. The topological polar surface area (TPSA) is 46.9 Å². The van der Waals surface area contributed by atoms with Crippen molar-refractivity contribution < 1.29 is 9.18 Å². The van der Waals surface area contributed by atoms with Gasteiger partial charge < -0.3 is 5.32 Å². The van der Waals surface area contributed by atoms with Crippen LogP contribution in [0.5, 0.6) is 0 Å². The van der Waals surface area contributed by atoms with E-state index in [2.05, 4.69) is 10.4 Å². The van der Waals surface area contributed by atoms with Crippen LogP contribution >= 0.6 is 0 Å². The van der Waals surface area contributed by atoms with Crippen LogP contribution in [-0.4, -0.2) is 15.7 Å². The SMILES string of the molecule is CCn1ccc(C(=O)Nc2ccc(F)cc2)n1. The van der Waals surface area contributed by atoms with Crippen molar-refractivity contribution in [3.8, 4) is 0 Å². The normalized spacial score (nSPS) is 10.2. The van der Waals surface area contributed by atoms with Crippen LogP contribution in [0.1, 0.15) is 17.4 Å². The third kappa shape index (κ3) is 2.69. The van der Waals surface area contributed by atoms with Gasteiger partial charge in [-0.1, -0.05) is 0 Å². The molecule has 0 atom stereocenters. The van der Waals surface area contributed by atoms with Gasteiger partial charge in [0.05, 0.1) is 0 Å². The summed E-state index contributed by atoms with van der Waals surface area (Å²) in [5, 5.41) is 6.71. The van der Waals surface area contributed by atoms with E-state index in [9.17, 15) is 9.18 Å². The highest BCUT2D eigenvalue weighted by Gasteiger charge is 2.09. The van der Waals surface area contributed by atoms with Crippen molar-refractivity contribution in [2.24, 2.45) is 0 Å². The molecule has 0 aliphatic heterocycles. The van der Waals surface area contributed by atoms with Gasteiger partial charge in [0.2, 0.25) is 0 Å². The molecule has 0 radical (unpaired) electrons. The predicted octanol–water partition coefficient (Wildman–Crippen LogP) is 2.29. The third-order valence-corrected chi connectivity index (χ3v) is 2.30. The Balaban J connectivity index is 2.08. The van der Waals surface area contributed by atoms with Crippen molar-refractivity contribution in [1.29, 1.82) is 0 Å². The van der Waals surface area contributed by atoms with E-state index < -0.39 is 0 Å². The summed E-state index contributed by atoms with van der Waals surface area (Å²) in [4.78, 5) is 11.7. The molecule has 1 amide bonds. The Kier molecular flexibility index (Phi) is 3.18. The zero-order valence-electron chi connectivity index (χ0n) is 9.35. The highest BCUT2D eigenvalue weighted by Crippen LogP contribution is 2.09. The summed E-state index contributed by atoms with van der Waals surface area (Å²) in [6.45, 7) is 2.65. The lowest BCUT2D eigenvalue weighted by atomic mass is 10.3. The quantitative estimate of drug-likeness (QED) is 0.884. The van der Waals surface area contributed by atoms with Gasteiger partial charge in [0.25, 0.3) is 5.91 Å². The number of carbonyl (C=O) groups excluding carboxylic acids is 1. The van der Waals surface area contributed by atoms with Crippen LogP contribution in [0.3, 0.4) is 0 Å². The van der Waals surface area contributed by atoms with Crippen LogP contribution in [0.4, 0.5) is 10.1 Å². The zero-order chi connectivity index (χ0) is 12.3. The molecule has 1 aromatic heterocycles. The number of benzene rings is 1. The van der Waals surface area contributed by atoms with E-state index in [1.807, 2.05) is 6.92 Å². The Labute approximate surface area is 98.1 Å².